The van der Waals surface area contributed by atoms with Crippen molar-refractivity contribution in [3.8, 4) is 0 Å². The minimum atomic E-state index is -0.555. The maximum absolute atomic E-state index is 12.1. The van der Waals surface area contributed by atoms with Crippen molar-refractivity contribution in [1.29, 1.82) is 0 Å². The van der Waals surface area contributed by atoms with Crippen LogP contribution in [0.1, 0.15) is 37.2 Å². The minimum absolute atomic E-state index is 0.0179. The van der Waals surface area contributed by atoms with Gasteiger partial charge in [0.2, 0.25) is 11.8 Å². The molecule has 1 aromatic rings. The number of carbonyl (C=O) groups excluding carboxylic acids is 3. The summed E-state index contributed by atoms with van der Waals surface area (Å²) in [7, 11) is 0. The van der Waals surface area contributed by atoms with Crippen LogP contribution < -0.4 is 10.6 Å². The molecule has 0 aromatic carbocycles. The van der Waals surface area contributed by atoms with Gasteiger partial charge < -0.3 is 20.0 Å². The monoisotopic (exact) mass is 307 g/mol. The number of piperidine rings is 1. The highest BCUT2D eigenvalue weighted by Gasteiger charge is 2.26. The summed E-state index contributed by atoms with van der Waals surface area (Å²) in [5.74, 6) is -0.226. The van der Waals surface area contributed by atoms with E-state index in [2.05, 4.69) is 10.6 Å². The minimum Gasteiger partial charge on any atom is -0.459 e. The Morgan fingerprint density at radius 3 is 2.55 bits per heavy atom. The van der Waals surface area contributed by atoms with Gasteiger partial charge in [0.05, 0.1) is 6.26 Å². The molecule has 1 aromatic heterocycles. The average Bonchev–Trinajstić information content (AvgIpc) is 3.00. The second kappa shape index (κ2) is 7.11. The fraction of sp³-hybridized carbons (Fsp3) is 0.533. The number of hydrogen-bond acceptors (Lipinski definition) is 4. The van der Waals surface area contributed by atoms with E-state index in [0.29, 0.717) is 31.7 Å². The third kappa shape index (κ3) is 4.09. The number of furan rings is 1. The fourth-order valence-electron chi connectivity index (χ4n) is 2.48. The zero-order valence-corrected chi connectivity index (χ0v) is 12.8. The van der Waals surface area contributed by atoms with E-state index in [1.807, 2.05) is 0 Å². The zero-order valence-electron chi connectivity index (χ0n) is 12.8. The van der Waals surface area contributed by atoms with Gasteiger partial charge in [0.15, 0.2) is 5.76 Å². The van der Waals surface area contributed by atoms with Gasteiger partial charge in [-0.3, -0.25) is 14.4 Å². The van der Waals surface area contributed by atoms with E-state index < -0.39 is 6.04 Å². The number of nitrogens with zero attached hydrogens (tertiary/aromatic N) is 1. The van der Waals surface area contributed by atoms with Gasteiger partial charge in [0.25, 0.3) is 5.91 Å². The highest BCUT2D eigenvalue weighted by molar-refractivity contribution is 5.91. The lowest BCUT2D eigenvalue weighted by Crippen LogP contribution is -2.51. The standard InChI is InChI=1S/C15H21N3O4/c1-10(16-11(2)19)14(20)17-12-5-7-18(8-6-12)15(21)13-4-3-9-22-13/h3-4,9-10,12H,5-8H2,1-2H3,(H,16,19)(H,17,20). The molecule has 3 amide bonds. The van der Waals surface area contributed by atoms with Gasteiger partial charge in [-0.15, -0.1) is 0 Å². The van der Waals surface area contributed by atoms with Crippen LogP contribution in [0.4, 0.5) is 0 Å². The first-order valence-electron chi connectivity index (χ1n) is 7.37. The van der Waals surface area contributed by atoms with Crippen LogP contribution in [0.2, 0.25) is 0 Å². The molecule has 0 bridgehead atoms. The van der Waals surface area contributed by atoms with Crippen molar-refractivity contribution >= 4 is 17.7 Å². The van der Waals surface area contributed by atoms with Crippen molar-refractivity contribution in [3.05, 3.63) is 24.2 Å². The Hall–Kier alpha value is -2.31. The van der Waals surface area contributed by atoms with Crippen molar-refractivity contribution in [3.63, 3.8) is 0 Å². The molecule has 1 unspecified atom stereocenters. The Morgan fingerprint density at radius 2 is 2.00 bits per heavy atom. The lowest BCUT2D eigenvalue weighted by Gasteiger charge is -2.32. The Morgan fingerprint density at radius 1 is 1.32 bits per heavy atom. The molecule has 7 heteroatoms. The van der Waals surface area contributed by atoms with E-state index in [4.69, 9.17) is 4.42 Å². The number of hydrogen-bond donors (Lipinski definition) is 2. The normalized spacial score (nSPS) is 16.9. The van der Waals surface area contributed by atoms with Gasteiger partial charge in [-0.2, -0.15) is 0 Å². The molecule has 2 rings (SSSR count). The summed E-state index contributed by atoms with van der Waals surface area (Å²) in [5.41, 5.74) is 0. The number of nitrogens with one attached hydrogen (secondary N) is 2. The van der Waals surface area contributed by atoms with Crippen LogP contribution in [0.25, 0.3) is 0 Å². The summed E-state index contributed by atoms with van der Waals surface area (Å²) in [6.45, 7) is 4.16. The predicted octanol–water partition coefficient (Wildman–Crippen LogP) is 0.525. The topological polar surface area (TPSA) is 91.7 Å². The van der Waals surface area contributed by atoms with E-state index in [1.54, 1.807) is 24.0 Å². The van der Waals surface area contributed by atoms with Crippen molar-refractivity contribution in [2.24, 2.45) is 0 Å². The molecule has 22 heavy (non-hydrogen) atoms. The van der Waals surface area contributed by atoms with Crippen molar-refractivity contribution in [1.82, 2.24) is 15.5 Å². The molecule has 0 radical (unpaired) electrons. The van der Waals surface area contributed by atoms with Gasteiger partial charge >= 0.3 is 0 Å². The Kier molecular flexibility index (Phi) is 5.19. The van der Waals surface area contributed by atoms with Crippen LogP contribution >= 0.6 is 0 Å². The lowest BCUT2D eigenvalue weighted by atomic mass is 10.0. The van der Waals surface area contributed by atoms with Crippen molar-refractivity contribution in [2.75, 3.05) is 13.1 Å². The van der Waals surface area contributed by atoms with Gasteiger partial charge in [0, 0.05) is 26.1 Å². The Balaban J connectivity index is 1.79. The molecule has 1 atom stereocenters. The lowest BCUT2D eigenvalue weighted by molar-refractivity contribution is -0.128. The van der Waals surface area contributed by atoms with Crippen LogP contribution in [0.3, 0.4) is 0 Å². The molecule has 7 nitrogen and oxygen atoms in total. The second-order valence-electron chi connectivity index (χ2n) is 5.47. The molecule has 0 spiro atoms. The molecule has 0 aliphatic carbocycles. The van der Waals surface area contributed by atoms with Gasteiger partial charge in [0.1, 0.15) is 6.04 Å². The van der Waals surface area contributed by atoms with Crippen LogP contribution in [0, 0.1) is 0 Å². The van der Waals surface area contributed by atoms with Gasteiger partial charge in [-0.1, -0.05) is 0 Å². The van der Waals surface area contributed by atoms with E-state index >= 15 is 0 Å². The molecule has 1 fully saturated rings. The molecule has 2 heterocycles. The quantitative estimate of drug-likeness (QED) is 0.848. The third-order valence-electron chi connectivity index (χ3n) is 3.67. The molecule has 1 aliphatic rings. The number of amides is 3. The van der Waals surface area contributed by atoms with Crippen LogP contribution in [0.5, 0.6) is 0 Å². The highest BCUT2D eigenvalue weighted by atomic mass is 16.3. The van der Waals surface area contributed by atoms with E-state index in [9.17, 15) is 14.4 Å². The van der Waals surface area contributed by atoms with Crippen molar-refractivity contribution < 1.29 is 18.8 Å². The van der Waals surface area contributed by atoms with Crippen LogP contribution in [-0.4, -0.2) is 47.8 Å². The smallest absolute Gasteiger partial charge is 0.289 e. The summed E-state index contributed by atoms with van der Waals surface area (Å²) in [6, 6.07) is 2.79. The molecular weight excluding hydrogens is 286 g/mol. The molecule has 1 saturated heterocycles. The summed E-state index contributed by atoms with van der Waals surface area (Å²) in [4.78, 5) is 36.7. The Bertz CT molecular complexity index is 533. The van der Waals surface area contributed by atoms with E-state index in [0.717, 1.165) is 0 Å². The average molecular weight is 307 g/mol. The molecular formula is C15H21N3O4. The van der Waals surface area contributed by atoms with Gasteiger partial charge in [-0.25, -0.2) is 0 Å². The molecule has 2 N–H and O–H groups in total. The van der Waals surface area contributed by atoms with E-state index in [-0.39, 0.29) is 23.8 Å². The first kappa shape index (κ1) is 16.1. The highest BCUT2D eigenvalue weighted by Crippen LogP contribution is 2.14. The largest absolute Gasteiger partial charge is 0.459 e. The van der Waals surface area contributed by atoms with Crippen LogP contribution in [0.15, 0.2) is 22.8 Å². The summed E-state index contributed by atoms with van der Waals surface area (Å²) in [5, 5.41) is 5.45. The maximum Gasteiger partial charge on any atom is 0.289 e. The number of carbonyl (C=O) groups is 3. The fourth-order valence-corrected chi connectivity index (χ4v) is 2.48. The van der Waals surface area contributed by atoms with Crippen LogP contribution in [-0.2, 0) is 9.59 Å². The summed E-state index contributed by atoms with van der Waals surface area (Å²) in [6.07, 6.45) is 2.85. The third-order valence-corrected chi connectivity index (χ3v) is 3.67. The number of likely N-dealkylation sites (tertiary alicyclic amines) is 1. The molecule has 1 aliphatic heterocycles. The maximum atomic E-state index is 12.1. The first-order valence-corrected chi connectivity index (χ1v) is 7.37. The SMILES string of the molecule is CC(=O)NC(C)C(=O)NC1CCN(C(=O)c2ccco2)CC1. The van der Waals surface area contributed by atoms with Crippen molar-refractivity contribution in [2.45, 2.75) is 38.8 Å². The molecule has 120 valence electrons. The molecule has 0 saturated carbocycles. The zero-order chi connectivity index (χ0) is 16.1. The van der Waals surface area contributed by atoms with E-state index in [1.165, 1.54) is 13.2 Å². The first-order chi connectivity index (χ1) is 10.5. The number of rotatable bonds is 4. The Labute approximate surface area is 129 Å². The predicted molar refractivity (Wildman–Crippen MR) is 79.1 cm³/mol. The van der Waals surface area contributed by atoms with Gasteiger partial charge in [-0.05, 0) is 31.9 Å². The second-order valence-corrected chi connectivity index (χ2v) is 5.47. The summed E-state index contributed by atoms with van der Waals surface area (Å²) >= 11 is 0. The summed E-state index contributed by atoms with van der Waals surface area (Å²) < 4.78 is 5.11.